The van der Waals surface area contributed by atoms with E-state index in [0.717, 1.165) is 17.0 Å². The highest BCUT2D eigenvalue weighted by Crippen LogP contribution is 2.10. The van der Waals surface area contributed by atoms with E-state index in [4.69, 9.17) is 5.11 Å². The van der Waals surface area contributed by atoms with Crippen LogP contribution >= 0.6 is 0 Å². The molecule has 0 spiro atoms. The SMILES string of the molecule is C/C=C/c1ncc(C)cn1.Cc1cnc([C@@H](O)[C@@H](C)O)nc1. The first-order chi connectivity index (χ1) is 10.4. The quantitative estimate of drug-likeness (QED) is 0.901. The first-order valence-electron chi connectivity index (χ1n) is 7.00. The topological polar surface area (TPSA) is 92.0 Å². The monoisotopic (exact) mass is 302 g/mol. The molecule has 0 amide bonds. The Balaban J connectivity index is 0.000000224. The van der Waals surface area contributed by atoms with Gasteiger partial charge in [0.1, 0.15) is 6.10 Å². The molecule has 2 heterocycles. The average Bonchev–Trinajstić information content (AvgIpc) is 2.50. The van der Waals surface area contributed by atoms with E-state index in [1.165, 1.54) is 6.92 Å². The second-order valence-electron chi connectivity index (χ2n) is 4.92. The molecule has 2 aromatic heterocycles. The molecule has 0 aliphatic heterocycles. The van der Waals surface area contributed by atoms with Crippen LogP contribution in [0.25, 0.3) is 6.08 Å². The summed E-state index contributed by atoms with van der Waals surface area (Å²) in [5.41, 5.74) is 2.02. The maximum Gasteiger partial charge on any atom is 0.159 e. The molecule has 0 bridgehead atoms. The van der Waals surface area contributed by atoms with Crippen molar-refractivity contribution >= 4 is 6.08 Å². The highest BCUT2D eigenvalue weighted by atomic mass is 16.3. The molecule has 2 atom stereocenters. The molecule has 2 rings (SSSR count). The van der Waals surface area contributed by atoms with Crippen molar-refractivity contribution in [1.29, 1.82) is 0 Å². The molecular weight excluding hydrogens is 280 g/mol. The van der Waals surface area contributed by atoms with Gasteiger partial charge in [-0.2, -0.15) is 0 Å². The van der Waals surface area contributed by atoms with E-state index in [9.17, 15) is 5.11 Å². The molecule has 0 saturated heterocycles. The smallest absolute Gasteiger partial charge is 0.159 e. The third-order valence-corrected chi connectivity index (χ3v) is 2.64. The minimum atomic E-state index is -0.995. The number of hydrogen-bond donors (Lipinski definition) is 2. The van der Waals surface area contributed by atoms with Gasteiger partial charge in [0.15, 0.2) is 11.6 Å². The number of nitrogens with zero attached hydrogens (tertiary/aromatic N) is 4. The van der Waals surface area contributed by atoms with Crippen molar-refractivity contribution in [1.82, 2.24) is 19.9 Å². The molecule has 0 radical (unpaired) electrons. The zero-order valence-electron chi connectivity index (χ0n) is 13.3. The molecular formula is C16H22N4O2. The van der Waals surface area contributed by atoms with Crippen LogP contribution in [0.3, 0.4) is 0 Å². The first kappa shape index (κ1) is 17.9. The van der Waals surface area contributed by atoms with Gasteiger partial charge in [-0.05, 0) is 44.9 Å². The van der Waals surface area contributed by atoms with E-state index in [-0.39, 0.29) is 5.82 Å². The largest absolute Gasteiger partial charge is 0.390 e. The fraction of sp³-hybridized carbons (Fsp3) is 0.375. The summed E-state index contributed by atoms with van der Waals surface area (Å²) in [4.78, 5) is 15.9. The van der Waals surface area contributed by atoms with Crippen LogP contribution < -0.4 is 0 Å². The lowest BCUT2D eigenvalue weighted by atomic mass is 10.2. The van der Waals surface area contributed by atoms with Crippen LogP contribution in [-0.2, 0) is 0 Å². The van der Waals surface area contributed by atoms with E-state index >= 15 is 0 Å². The summed E-state index contributed by atoms with van der Waals surface area (Å²) in [6.07, 6.45) is 8.79. The van der Waals surface area contributed by atoms with Gasteiger partial charge in [-0.25, -0.2) is 19.9 Å². The minimum Gasteiger partial charge on any atom is -0.390 e. The van der Waals surface area contributed by atoms with E-state index < -0.39 is 12.2 Å². The number of aliphatic hydroxyl groups excluding tert-OH is 2. The Kier molecular flexibility index (Phi) is 7.28. The van der Waals surface area contributed by atoms with Crippen molar-refractivity contribution in [2.45, 2.75) is 39.9 Å². The number of aromatic nitrogens is 4. The Bertz CT molecular complexity index is 580. The fourth-order valence-electron chi connectivity index (χ4n) is 1.41. The Morgan fingerprint density at radius 1 is 0.909 bits per heavy atom. The molecule has 0 saturated carbocycles. The summed E-state index contributed by atoms with van der Waals surface area (Å²) in [7, 11) is 0. The van der Waals surface area contributed by atoms with Crippen molar-refractivity contribution < 1.29 is 10.2 Å². The van der Waals surface area contributed by atoms with Crippen LogP contribution in [0.5, 0.6) is 0 Å². The standard InChI is InChI=1S/C8H12N2O2.C8H10N2/c1-5-3-9-8(10-4-5)7(12)6(2)11;1-3-4-8-9-5-7(2)6-10-8/h3-4,6-7,11-12H,1-2H3;3-6H,1-2H3/b;4-3+/t6-,7+;/m1./s1. The molecule has 2 aromatic rings. The Labute approximate surface area is 130 Å². The van der Waals surface area contributed by atoms with Gasteiger partial charge < -0.3 is 10.2 Å². The van der Waals surface area contributed by atoms with Gasteiger partial charge in [-0.15, -0.1) is 0 Å². The van der Waals surface area contributed by atoms with Crippen molar-refractivity contribution in [3.63, 3.8) is 0 Å². The third-order valence-electron chi connectivity index (χ3n) is 2.64. The summed E-state index contributed by atoms with van der Waals surface area (Å²) in [6, 6.07) is 0. The van der Waals surface area contributed by atoms with Gasteiger partial charge in [0.05, 0.1) is 6.10 Å². The van der Waals surface area contributed by atoms with Crippen LogP contribution in [0.4, 0.5) is 0 Å². The molecule has 2 N–H and O–H groups in total. The Morgan fingerprint density at radius 2 is 1.36 bits per heavy atom. The van der Waals surface area contributed by atoms with Gasteiger partial charge in [-0.3, -0.25) is 0 Å². The fourth-order valence-corrected chi connectivity index (χ4v) is 1.41. The molecule has 0 fully saturated rings. The number of aryl methyl sites for hydroxylation is 2. The Morgan fingerprint density at radius 3 is 1.77 bits per heavy atom. The number of aliphatic hydroxyl groups is 2. The lowest BCUT2D eigenvalue weighted by Gasteiger charge is -2.11. The molecule has 118 valence electrons. The molecule has 22 heavy (non-hydrogen) atoms. The van der Waals surface area contributed by atoms with Crippen molar-refractivity contribution in [3.05, 3.63) is 53.6 Å². The van der Waals surface area contributed by atoms with Gasteiger partial charge in [-0.1, -0.05) is 6.08 Å². The summed E-state index contributed by atoms with van der Waals surface area (Å²) in [5, 5.41) is 18.3. The summed E-state index contributed by atoms with van der Waals surface area (Å²) >= 11 is 0. The predicted octanol–water partition coefficient (Wildman–Crippen LogP) is 2.02. The van der Waals surface area contributed by atoms with Gasteiger partial charge in [0.2, 0.25) is 0 Å². The van der Waals surface area contributed by atoms with E-state index in [2.05, 4.69) is 19.9 Å². The molecule has 6 nitrogen and oxygen atoms in total. The van der Waals surface area contributed by atoms with E-state index in [0.29, 0.717) is 0 Å². The van der Waals surface area contributed by atoms with Gasteiger partial charge in [0.25, 0.3) is 0 Å². The van der Waals surface area contributed by atoms with Gasteiger partial charge in [0, 0.05) is 24.8 Å². The van der Waals surface area contributed by atoms with Crippen molar-refractivity contribution in [2.24, 2.45) is 0 Å². The average molecular weight is 302 g/mol. The zero-order chi connectivity index (χ0) is 16.5. The number of rotatable bonds is 3. The van der Waals surface area contributed by atoms with Crippen molar-refractivity contribution in [3.8, 4) is 0 Å². The summed E-state index contributed by atoms with van der Waals surface area (Å²) in [6.45, 7) is 7.27. The van der Waals surface area contributed by atoms with Crippen LogP contribution in [0.15, 0.2) is 30.9 Å². The normalized spacial score (nSPS) is 13.4. The lowest BCUT2D eigenvalue weighted by Crippen LogP contribution is -2.16. The third kappa shape index (κ3) is 6.07. The highest BCUT2D eigenvalue weighted by molar-refractivity contribution is 5.38. The van der Waals surface area contributed by atoms with Crippen LogP contribution in [0.2, 0.25) is 0 Å². The highest BCUT2D eigenvalue weighted by Gasteiger charge is 2.15. The first-order valence-corrected chi connectivity index (χ1v) is 7.00. The molecule has 0 aliphatic carbocycles. The van der Waals surface area contributed by atoms with E-state index in [1.807, 2.05) is 45.3 Å². The summed E-state index contributed by atoms with van der Waals surface area (Å²) < 4.78 is 0. The molecule has 0 unspecified atom stereocenters. The number of hydrogen-bond acceptors (Lipinski definition) is 6. The van der Waals surface area contributed by atoms with Crippen LogP contribution in [0.1, 0.15) is 42.7 Å². The lowest BCUT2D eigenvalue weighted by molar-refractivity contribution is 0.0248. The van der Waals surface area contributed by atoms with Crippen molar-refractivity contribution in [2.75, 3.05) is 0 Å². The van der Waals surface area contributed by atoms with Crippen LogP contribution in [-0.4, -0.2) is 36.3 Å². The molecule has 6 heteroatoms. The predicted molar refractivity (Wildman–Crippen MR) is 84.9 cm³/mol. The van der Waals surface area contributed by atoms with Gasteiger partial charge >= 0.3 is 0 Å². The minimum absolute atomic E-state index is 0.260. The maximum absolute atomic E-state index is 9.31. The Hall–Kier alpha value is -2.18. The molecule has 0 aliphatic rings. The van der Waals surface area contributed by atoms with E-state index in [1.54, 1.807) is 12.4 Å². The zero-order valence-corrected chi connectivity index (χ0v) is 13.3. The second-order valence-corrected chi connectivity index (χ2v) is 4.92. The second kappa shape index (κ2) is 8.96. The van der Waals surface area contributed by atoms with Crippen LogP contribution in [0, 0.1) is 13.8 Å². The number of allylic oxidation sites excluding steroid dienone is 1. The maximum atomic E-state index is 9.31. The molecule has 0 aromatic carbocycles. The summed E-state index contributed by atoms with van der Waals surface area (Å²) in [5.74, 6) is 1.03.